The smallest absolute Gasteiger partial charge is 0.217 e. The maximum atomic E-state index is 11.6. The zero-order chi connectivity index (χ0) is 20.2. The third-order valence-electron chi connectivity index (χ3n) is 6.01. The van der Waals surface area contributed by atoms with Crippen molar-refractivity contribution in [2.45, 2.75) is 45.2 Å². The Morgan fingerprint density at radius 2 is 2.00 bits per heavy atom. The fourth-order valence-corrected chi connectivity index (χ4v) is 4.76. The predicted octanol–water partition coefficient (Wildman–Crippen LogP) is 4.95. The quantitative estimate of drug-likeness (QED) is 0.647. The molecular formula is C25H30N2O2. The predicted molar refractivity (Wildman–Crippen MR) is 117 cm³/mol. The van der Waals surface area contributed by atoms with Crippen LogP contribution in [0.25, 0.3) is 10.8 Å². The molecule has 0 bridgehead atoms. The Balaban J connectivity index is 1.56. The standard InChI is InChI=1S/C25H30N2O2/c1-18(13-20-7-4-3-5-8-20)15-27-12-11-22(26-19(2)28)14-25(27)23-10-6-9-21-16-29-17-24(21)23/h3-10,16-18,22,25H,11-15H2,1-2H3,(H,26,28). The number of carbonyl (C=O) groups is 1. The maximum absolute atomic E-state index is 11.6. The SMILES string of the molecule is CC(=O)NC1CCN(CC(C)Cc2ccccc2)C(c2cccc3cocc23)C1. The summed E-state index contributed by atoms with van der Waals surface area (Å²) in [6.07, 6.45) is 6.68. The van der Waals surface area contributed by atoms with Gasteiger partial charge in [0.05, 0.1) is 12.5 Å². The van der Waals surface area contributed by atoms with Crippen molar-refractivity contribution in [3.63, 3.8) is 0 Å². The lowest BCUT2D eigenvalue weighted by atomic mass is 9.88. The van der Waals surface area contributed by atoms with Gasteiger partial charge in [0, 0.05) is 42.9 Å². The van der Waals surface area contributed by atoms with Gasteiger partial charge in [0.2, 0.25) is 5.91 Å². The molecule has 1 amide bonds. The van der Waals surface area contributed by atoms with Gasteiger partial charge in [0.25, 0.3) is 0 Å². The van der Waals surface area contributed by atoms with Gasteiger partial charge in [-0.3, -0.25) is 9.69 Å². The largest absolute Gasteiger partial charge is 0.471 e. The number of fused-ring (bicyclic) bond motifs is 1. The zero-order valence-corrected chi connectivity index (χ0v) is 17.3. The second-order valence-corrected chi connectivity index (χ2v) is 8.45. The Kier molecular flexibility index (Phi) is 6.00. The van der Waals surface area contributed by atoms with Crippen molar-refractivity contribution in [1.29, 1.82) is 0 Å². The van der Waals surface area contributed by atoms with Crippen molar-refractivity contribution in [2.24, 2.45) is 5.92 Å². The lowest BCUT2D eigenvalue weighted by Crippen LogP contribution is -2.47. The molecule has 1 saturated heterocycles. The molecule has 4 heteroatoms. The second kappa shape index (κ2) is 8.83. The van der Waals surface area contributed by atoms with Crippen molar-refractivity contribution in [3.05, 3.63) is 72.2 Å². The summed E-state index contributed by atoms with van der Waals surface area (Å²) >= 11 is 0. The average molecular weight is 391 g/mol. The molecule has 0 aliphatic carbocycles. The van der Waals surface area contributed by atoms with Crippen LogP contribution in [0.4, 0.5) is 0 Å². The Labute approximate surface area is 172 Å². The molecule has 3 atom stereocenters. The van der Waals surface area contributed by atoms with Crippen LogP contribution in [-0.4, -0.2) is 29.9 Å². The third-order valence-corrected chi connectivity index (χ3v) is 6.01. The number of likely N-dealkylation sites (tertiary alicyclic amines) is 1. The van der Waals surface area contributed by atoms with E-state index in [1.54, 1.807) is 6.92 Å². The van der Waals surface area contributed by atoms with Crippen LogP contribution in [-0.2, 0) is 11.2 Å². The van der Waals surface area contributed by atoms with Gasteiger partial charge in [0.15, 0.2) is 0 Å². The number of carbonyl (C=O) groups excluding carboxylic acids is 1. The van der Waals surface area contributed by atoms with E-state index in [0.29, 0.717) is 5.92 Å². The molecule has 2 aromatic carbocycles. The summed E-state index contributed by atoms with van der Waals surface area (Å²) in [5.41, 5.74) is 2.69. The molecule has 0 radical (unpaired) electrons. The van der Waals surface area contributed by atoms with Crippen molar-refractivity contribution in [2.75, 3.05) is 13.1 Å². The number of hydrogen-bond donors (Lipinski definition) is 1. The first kappa shape index (κ1) is 19.7. The minimum Gasteiger partial charge on any atom is -0.471 e. The molecule has 1 N–H and O–H groups in total. The highest BCUT2D eigenvalue weighted by Gasteiger charge is 2.31. The summed E-state index contributed by atoms with van der Waals surface area (Å²) in [4.78, 5) is 14.3. The van der Waals surface area contributed by atoms with Crippen LogP contribution in [0.3, 0.4) is 0 Å². The average Bonchev–Trinajstić information content (AvgIpc) is 3.18. The molecule has 0 saturated carbocycles. The Morgan fingerprint density at radius 1 is 1.17 bits per heavy atom. The van der Waals surface area contributed by atoms with Gasteiger partial charge in [-0.2, -0.15) is 0 Å². The Morgan fingerprint density at radius 3 is 2.79 bits per heavy atom. The van der Waals surface area contributed by atoms with E-state index in [1.807, 2.05) is 12.5 Å². The third kappa shape index (κ3) is 4.70. The lowest BCUT2D eigenvalue weighted by molar-refractivity contribution is -0.120. The molecule has 0 spiro atoms. The van der Waals surface area contributed by atoms with E-state index < -0.39 is 0 Å². The molecule has 3 aromatic rings. The van der Waals surface area contributed by atoms with Crippen molar-refractivity contribution < 1.29 is 9.21 Å². The van der Waals surface area contributed by atoms with Crippen LogP contribution >= 0.6 is 0 Å². The summed E-state index contributed by atoms with van der Waals surface area (Å²) in [7, 11) is 0. The highest BCUT2D eigenvalue weighted by atomic mass is 16.3. The number of piperidine rings is 1. The molecule has 1 aliphatic rings. The van der Waals surface area contributed by atoms with E-state index >= 15 is 0 Å². The highest BCUT2D eigenvalue weighted by molar-refractivity contribution is 5.85. The fraction of sp³-hybridized carbons (Fsp3) is 0.400. The Bertz CT molecular complexity index is 950. The van der Waals surface area contributed by atoms with Gasteiger partial charge in [-0.15, -0.1) is 0 Å². The second-order valence-electron chi connectivity index (χ2n) is 8.45. The van der Waals surface area contributed by atoms with Gasteiger partial charge < -0.3 is 9.73 Å². The van der Waals surface area contributed by atoms with Gasteiger partial charge in [-0.25, -0.2) is 0 Å². The zero-order valence-electron chi connectivity index (χ0n) is 17.3. The summed E-state index contributed by atoms with van der Waals surface area (Å²) < 4.78 is 5.49. The lowest BCUT2D eigenvalue weighted by Gasteiger charge is -2.41. The fourth-order valence-electron chi connectivity index (χ4n) is 4.76. The first-order valence-electron chi connectivity index (χ1n) is 10.6. The number of rotatable bonds is 6. The van der Waals surface area contributed by atoms with Crippen LogP contribution in [0, 0.1) is 5.92 Å². The van der Waals surface area contributed by atoms with Crippen LogP contribution < -0.4 is 5.32 Å². The van der Waals surface area contributed by atoms with E-state index in [0.717, 1.165) is 37.7 Å². The van der Waals surface area contributed by atoms with E-state index in [1.165, 1.54) is 16.5 Å². The number of benzene rings is 2. The van der Waals surface area contributed by atoms with Crippen LogP contribution in [0.2, 0.25) is 0 Å². The monoisotopic (exact) mass is 390 g/mol. The Hall–Kier alpha value is -2.59. The van der Waals surface area contributed by atoms with Crippen molar-refractivity contribution in [3.8, 4) is 0 Å². The van der Waals surface area contributed by atoms with Crippen molar-refractivity contribution in [1.82, 2.24) is 10.2 Å². The van der Waals surface area contributed by atoms with Crippen molar-refractivity contribution >= 4 is 16.7 Å². The van der Waals surface area contributed by atoms with Gasteiger partial charge >= 0.3 is 0 Å². The molecule has 1 aromatic heterocycles. The van der Waals surface area contributed by atoms with Gasteiger partial charge in [0.1, 0.15) is 0 Å². The number of hydrogen-bond acceptors (Lipinski definition) is 3. The molecule has 2 heterocycles. The molecular weight excluding hydrogens is 360 g/mol. The van der Waals surface area contributed by atoms with Gasteiger partial charge in [-0.1, -0.05) is 55.5 Å². The van der Waals surface area contributed by atoms with Gasteiger partial charge in [-0.05, 0) is 36.3 Å². The van der Waals surface area contributed by atoms with E-state index in [9.17, 15) is 4.79 Å². The van der Waals surface area contributed by atoms with Crippen LogP contribution in [0.1, 0.15) is 43.9 Å². The van der Waals surface area contributed by atoms with E-state index in [4.69, 9.17) is 4.42 Å². The summed E-state index contributed by atoms with van der Waals surface area (Å²) in [6, 6.07) is 17.6. The number of nitrogens with one attached hydrogen (secondary N) is 1. The normalized spacial score (nSPS) is 21.2. The minimum absolute atomic E-state index is 0.0566. The topological polar surface area (TPSA) is 45.5 Å². The number of amides is 1. The minimum atomic E-state index is 0.0566. The number of nitrogens with zero attached hydrogens (tertiary/aromatic N) is 1. The maximum Gasteiger partial charge on any atom is 0.217 e. The van der Waals surface area contributed by atoms with E-state index in [2.05, 4.69) is 65.7 Å². The first-order valence-corrected chi connectivity index (χ1v) is 10.6. The molecule has 4 rings (SSSR count). The summed E-state index contributed by atoms with van der Waals surface area (Å²) in [5, 5.41) is 5.47. The number of furan rings is 1. The molecule has 1 fully saturated rings. The summed E-state index contributed by atoms with van der Waals surface area (Å²) in [6.45, 7) is 5.98. The highest BCUT2D eigenvalue weighted by Crippen LogP contribution is 2.36. The molecule has 1 aliphatic heterocycles. The molecule has 29 heavy (non-hydrogen) atoms. The van der Waals surface area contributed by atoms with Crippen LogP contribution in [0.15, 0.2) is 65.5 Å². The molecule has 4 nitrogen and oxygen atoms in total. The summed E-state index contributed by atoms with van der Waals surface area (Å²) in [5.74, 6) is 0.613. The van der Waals surface area contributed by atoms with Crippen LogP contribution in [0.5, 0.6) is 0 Å². The van der Waals surface area contributed by atoms with E-state index in [-0.39, 0.29) is 18.0 Å². The first-order chi connectivity index (χ1) is 14.1. The molecule has 152 valence electrons. The molecule has 3 unspecified atom stereocenters.